The molecule has 0 spiro atoms. The summed E-state index contributed by atoms with van der Waals surface area (Å²) in [7, 11) is 1.33. The van der Waals surface area contributed by atoms with E-state index in [1.807, 2.05) is 13.0 Å². The van der Waals surface area contributed by atoms with E-state index in [-0.39, 0.29) is 30.2 Å². The van der Waals surface area contributed by atoms with Crippen molar-refractivity contribution in [2.45, 2.75) is 57.8 Å². The summed E-state index contributed by atoms with van der Waals surface area (Å²) in [6.07, 6.45) is 5.66. The van der Waals surface area contributed by atoms with Gasteiger partial charge in [0.05, 0.1) is 37.6 Å². The molecule has 4 aliphatic rings. The molecule has 0 bridgehead atoms. The number of allylic oxidation sites excluding steroid dienone is 2. The quantitative estimate of drug-likeness (QED) is 0.279. The van der Waals surface area contributed by atoms with Crippen molar-refractivity contribution < 1.29 is 33.0 Å². The van der Waals surface area contributed by atoms with Crippen LogP contribution in [0.3, 0.4) is 0 Å². The van der Waals surface area contributed by atoms with Gasteiger partial charge in [-0.3, -0.25) is 14.4 Å². The lowest BCUT2D eigenvalue weighted by Crippen LogP contribution is -2.61. The summed E-state index contributed by atoms with van der Waals surface area (Å²) in [6, 6.07) is 1.96. The van der Waals surface area contributed by atoms with Gasteiger partial charge >= 0.3 is 11.9 Å². The Morgan fingerprint density at radius 3 is 2.71 bits per heavy atom. The van der Waals surface area contributed by atoms with Gasteiger partial charge in [0, 0.05) is 26.7 Å². The number of hydrogen-bond acceptors (Lipinski definition) is 7. The van der Waals surface area contributed by atoms with Gasteiger partial charge in [-0.1, -0.05) is 25.2 Å². The zero-order valence-electron chi connectivity index (χ0n) is 20.2. The van der Waals surface area contributed by atoms with Crippen LogP contribution in [0.25, 0.3) is 0 Å². The number of hydrogen-bond donors (Lipinski definition) is 0. The molecule has 0 N–H and O–H groups in total. The Bertz CT molecular complexity index is 1160. The van der Waals surface area contributed by atoms with Crippen molar-refractivity contribution in [3.63, 3.8) is 0 Å². The van der Waals surface area contributed by atoms with E-state index >= 15 is 0 Å². The number of furan rings is 1. The van der Waals surface area contributed by atoms with Gasteiger partial charge in [-0.15, -0.1) is 0 Å². The lowest BCUT2D eigenvalue weighted by Gasteiger charge is -2.54. The van der Waals surface area contributed by atoms with Gasteiger partial charge in [0.25, 0.3) is 0 Å². The average Bonchev–Trinajstić information content (AvgIpc) is 3.52. The molecule has 8 heteroatoms. The number of ether oxygens (including phenoxy) is 3. The van der Waals surface area contributed by atoms with Crippen molar-refractivity contribution in [1.82, 2.24) is 0 Å². The molecule has 1 saturated carbocycles. The second kappa shape index (κ2) is 8.44. The minimum atomic E-state index is -1.04. The highest BCUT2D eigenvalue weighted by atomic mass is 127. The molecule has 7 nitrogen and oxygen atoms in total. The number of esters is 2. The minimum absolute atomic E-state index is 0.0208. The van der Waals surface area contributed by atoms with Crippen LogP contribution < -0.4 is 0 Å². The van der Waals surface area contributed by atoms with Crippen molar-refractivity contribution in [2.24, 2.45) is 22.7 Å². The number of halogens is 1. The Hall–Kier alpha value is -2.20. The van der Waals surface area contributed by atoms with Crippen LogP contribution in [0.15, 0.2) is 56.5 Å². The summed E-state index contributed by atoms with van der Waals surface area (Å²) in [5.41, 5.74) is 0.855. The van der Waals surface area contributed by atoms with Crippen LogP contribution in [0, 0.1) is 22.7 Å². The lowest BCUT2D eigenvalue weighted by molar-refractivity contribution is -0.161. The van der Waals surface area contributed by atoms with Crippen molar-refractivity contribution in [1.29, 1.82) is 0 Å². The van der Waals surface area contributed by atoms with Crippen molar-refractivity contribution >= 4 is 40.3 Å². The SMILES string of the molecule is C=C1[C@H](O[C@@H]2C[C@@H](c3ccoc3)C(C)=C2I)[C@@H]2OC(=O)[C@]3(C)C=CC(=O)[C@@](C)([C@@H]23)[C@H]1CC(=O)OC. The molecular weight excluding hydrogens is 563 g/mol. The van der Waals surface area contributed by atoms with Crippen LogP contribution in [0.2, 0.25) is 0 Å². The molecule has 35 heavy (non-hydrogen) atoms. The largest absolute Gasteiger partial charge is 0.472 e. The Morgan fingerprint density at radius 1 is 1.31 bits per heavy atom. The van der Waals surface area contributed by atoms with Crippen LogP contribution in [-0.4, -0.2) is 43.1 Å². The zero-order chi connectivity index (χ0) is 25.3. The predicted octanol–water partition coefficient (Wildman–Crippen LogP) is 4.67. The monoisotopic (exact) mass is 592 g/mol. The molecule has 2 heterocycles. The number of carbonyl (C=O) groups is 3. The van der Waals surface area contributed by atoms with Gasteiger partial charge in [0.2, 0.25) is 0 Å². The molecular formula is C27H29IO7. The second-order valence-electron chi connectivity index (χ2n) is 10.4. The van der Waals surface area contributed by atoms with Crippen molar-refractivity contribution in [3.05, 3.63) is 57.6 Å². The Labute approximate surface area is 218 Å². The fraction of sp³-hybridized carbons (Fsp3) is 0.519. The van der Waals surface area contributed by atoms with E-state index in [4.69, 9.17) is 18.6 Å². The minimum Gasteiger partial charge on any atom is -0.472 e. The molecule has 5 rings (SSSR count). The van der Waals surface area contributed by atoms with Crippen molar-refractivity contribution in [2.75, 3.05) is 7.11 Å². The number of rotatable bonds is 5. The maximum absolute atomic E-state index is 13.4. The normalized spacial score (nSPS) is 40.2. The first-order valence-electron chi connectivity index (χ1n) is 11.8. The summed E-state index contributed by atoms with van der Waals surface area (Å²) < 4.78 is 24.0. The molecule has 1 aliphatic heterocycles. The molecule has 0 amide bonds. The summed E-state index contributed by atoms with van der Waals surface area (Å²) in [5, 5.41) is 0. The van der Waals surface area contributed by atoms with Gasteiger partial charge in [-0.05, 0) is 66.1 Å². The summed E-state index contributed by atoms with van der Waals surface area (Å²) >= 11 is 2.32. The Kier molecular flexibility index (Phi) is 5.90. The van der Waals surface area contributed by atoms with Gasteiger partial charge in [-0.25, -0.2) is 0 Å². The molecule has 8 atom stereocenters. The topological polar surface area (TPSA) is 92.0 Å². The standard InChI is InChI=1S/C27H29IO7/c1-13-16(15-7-9-33-12-15)10-18(21(13)28)34-22-14(2)17(11-20(30)32-5)27(4)19(29)6-8-26(3)24(27)23(22)35-25(26)31/h6-9,12,16-18,22-24H,2,10-11H2,1,3-5H3/t16-,17+,18-,22+,23+,24+,26-,27+/m1/s1. The summed E-state index contributed by atoms with van der Waals surface area (Å²) in [4.78, 5) is 38.9. The number of carbonyl (C=O) groups excluding carboxylic acids is 3. The van der Waals surface area contributed by atoms with E-state index in [9.17, 15) is 14.4 Å². The molecule has 1 aromatic rings. The molecule has 186 valence electrons. The summed E-state index contributed by atoms with van der Waals surface area (Å²) in [6.45, 7) is 10.0. The first kappa shape index (κ1) is 24.5. The molecule has 0 radical (unpaired) electrons. The molecule has 3 aliphatic carbocycles. The predicted molar refractivity (Wildman–Crippen MR) is 134 cm³/mol. The highest BCUT2D eigenvalue weighted by Crippen LogP contribution is 2.63. The Balaban J connectivity index is 1.53. The third kappa shape index (κ3) is 3.43. The van der Waals surface area contributed by atoms with Crippen LogP contribution in [0.5, 0.6) is 0 Å². The van der Waals surface area contributed by atoms with Gasteiger partial charge in [0.1, 0.15) is 12.2 Å². The van der Waals surface area contributed by atoms with Gasteiger partial charge in [-0.2, -0.15) is 0 Å². The molecule has 2 fully saturated rings. The third-order valence-corrected chi connectivity index (χ3v) is 10.3. The summed E-state index contributed by atoms with van der Waals surface area (Å²) in [5.74, 6) is -1.83. The van der Waals surface area contributed by atoms with E-state index < -0.39 is 40.8 Å². The highest BCUT2D eigenvalue weighted by molar-refractivity contribution is 14.1. The number of ketones is 1. The maximum Gasteiger partial charge on any atom is 0.316 e. The molecule has 0 aromatic carbocycles. The fourth-order valence-corrected chi connectivity index (χ4v) is 7.52. The van der Waals surface area contributed by atoms with E-state index in [1.54, 1.807) is 25.5 Å². The van der Waals surface area contributed by atoms with E-state index in [0.717, 1.165) is 9.14 Å². The molecule has 1 saturated heterocycles. The molecule has 1 aromatic heterocycles. The van der Waals surface area contributed by atoms with E-state index in [0.29, 0.717) is 12.0 Å². The Morgan fingerprint density at radius 2 is 2.06 bits per heavy atom. The number of methoxy groups -OCH3 is 1. The van der Waals surface area contributed by atoms with Crippen LogP contribution >= 0.6 is 22.6 Å². The van der Waals surface area contributed by atoms with Crippen molar-refractivity contribution in [3.8, 4) is 0 Å². The first-order chi connectivity index (χ1) is 16.5. The fourth-order valence-electron chi connectivity index (χ4n) is 6.75. The van der Waals surface area contributed by atoms with E-state index in [2.05, 4.69) is 36.1 Å². The van der Waals surface area contributed by atoms with Gasteiger partial charge < -0.3 is 18.6 Å². The van der Waals surface area contributed by atoms with Crippen LogP contribution in [-0.2, 0) is 28.6 Å². The molecule has 0 unspecified atom stereocenters. The zero-order valence-corrected chi connectivity index (χ0v) is 22.4. The average molecular weight is 592 g/mol. The smallest absolute Gasteiger partial charge is 0.316 e. The lowest BCUT2D eigenvalue weighted by atomic mass is 9.47. The van der Waals surface area contributed by atoms with Crippen LogP contribution in [0.4, 0.5) is 0 Å². The third-order valence-electron chi connectivity index (χ3n) is 8.74. The van der Waals surface area contributed by atoms with E-state index in [1.165, 1.54) is 18.8 Å². The first-order valence-corrected chi connectivity index (χ1v) is 12.9. The highest BCUT2D eigenvalue weighted by Gasteiger charge is 2.71. The maximum atomic E-state index is 13.4. The second-order valence-corrected chi connectivity index (χ2v) is 11.6. The van der Waals surface area contributed by atoms with Gasteiger partial charge in [0.15, 0.2) is 5.78 Å². The van der Waals surface area contributed by atoms with Crippen LogP contribution in [0.1, 0.15) is 45.1 Å².